The van der Waals surface area contributed by atoms with Crippen molar-refractivity contribution in [1.29, 1.82) is 5.41 Å². The van der Waals surface area contributed by atoms with Crippen LogP contribution in [0.25, 0.3) is 0 Å². The van der Waals surface area contributed by atoms with Crippen molar-refractivity contribution in [3.63, 3.8) is 0 Å². The Morgan fingerprint density at radius 3 is 2.52 bits per heavy atom. The highest BCUT2D eigenvalue weighted by molar-refractivity contribution is 7.80. The molecule has 2 aromatic carbocycles. The number of carbonyl (C=O) groups is 1. The zero-order valence-electron chi connectivity index (χ0n) is 18.6. The third-order valence-electron chi connectivity index (χ3n) is 5.91. The van der Waals surface area contributed by atoms with E-state index in [1.54, 1.807) is 24.9 Å². The number of piperidine rings is 1. The molecular formula is C24H27ClN6OS. The van der Waals surface area contributed by atoms with Crippen LogP contribution in [0.15, 0.2) is 53.5 Å². The molecule has 172 valence electrons. The highest BCUT2D eigenvalue weighted by Gasteiger charge is 2.32. The van der Waals surface area contributed by atoms with Gasteiger partial charge in [0.05, 0.1) is 17.2 Å². The number of nitrogens with one attached hydrogen (secondary N) is 3. The first-order valence-corrected chi connectivity index (χ1v) is 11.7. The van der Waals surface area contributed by atoms with Crippen molar-refractivity contribution in [3.8, 4) is 0 Å². The normalized spacial score (nSPS) is 18.8. The molecule has 1 atom stereocenters. The molecule has 2 aliphatic heterocycles. The molecular weight excluding hydrogens is 456 g/mol. The number of hydrogen-bond donors (Lipinski definition) is 3. The number of amidine groups is 1. The summed E-state index contributed by atoms with van der Waals surface area (Å²) < 4.78 is 0. The number of halogens is 1. The number of amides is 1. The van der Waals surface area contributed by atoms with Gasteiger partial charge in [-0.05, 0) is 50.2 Å². The maximum absolute atomic E-state index is 13.4. The lowest BCUT2D eigenvalue weighted by Crippen LogP contribution is -2.53. The van der Waals surface area contributed by atoms with E-state index in [4.69, 9.17) is 34.2 Å². The summed E-state index contributed by atoms with van der Waals surface area (Å²) in [6.07, 6.45) is 0.890. The molecule has 1 saturated heterocycles. The molecule has 0 bridgehead atoms. The Bertz CT molecular complexity index is 1100. The molecule has 2 heterocycles. The van der Waals surface area contributed by atoms with E-state index in [1.807, 2.05) is 42.5 Å². The Hall–Kier alpha value is -2.97. The van der Waals surface area contributed by atoms with E-state index >= 15 is 0 Å². The Balaban J connectivity index is 1.60. The van der Waals surface area contributed by atoms with Crippen molar-refractivity contribution in [2.45, 2.75) is 32.0 Å². The van der Waals surface area contributed by atoms with Gasteiger partial charge in [0, 0.05) is 42.3 Å². The van der Waals surface area contributed by atoms with Crippen molar-refractivity contribution >= 4 is 52.1 Å². The number of nitrogens with zero attached hydrogens (tertiary/aromatic N) is 3. The Kier molecular flexibility index (Phi) is 6.95. The van der Waals surface area contributed by atoms with Crippen molar-refractivity contribution in [1.82, 2.24) is 15.5 Å². The number of fused-ring (bicyclic) bond motifs is 1. The average molecular weight is 483 g/mol. The quantitative estimate of drug-likeness (QED) is 0.355. The summed E-state index contributed by atoms with van der Waals surface area (Å²) in [7, 11) is 1.74. The third-order valence-corrected chi connectivity index (χ3v) is 6.52. The molecule has 1 fully saturated rings. The zero-order valence-corrected chi connectivity index (χ0v) is 20.2. The second-order valence-electron chi connectivity index (χ2n) is 8.29. The highest BCUT2D eigenvalue weighted by atomic mass is 35.5. The van der Waals surface area contributed by atoms with Crippen molar-refractivity contribution < 1.29 is 4.79 Å². The van der Waals surface area contributed by atoms with Gasteiger partial charge >= 0.3 is 0 Å². The van der Waals surface area contributed by atoms with E-state index in [0.717, 1.165) is 42.7 Å². The van der Waals surface area contributed by atoms with Gasteiger partial charge in [-0.1, -0.05) is 41.9 Å². The number of likely N-dealkylation sites (N-methyl/N-ethyl adjacent to an activating group) is 1. The van der Waals surface area contributed by atoms with Crippen LogP contribution in [0.3, 0.4) is 0 Å². The lowest BCUT2D eigenvalue weighted by Gasteiger charge is -2.35. The predicted molar refractivity (Wildman–Crippen MR) is 138 cm³/mol. The first-order valence-electron chi connectivity index (χ1n) is 10.9. The van der Waals surface area contributed by atoms with Crippen LogP contribution in [0.2, 0.25) is 5.02 Å². The Morgan fingerprint density at radius 2 is 1.85 bits per heavy atom. The van der Waals surface area contributed by atoms with Crippen LogP contribution in [0.1, 0.15) is 30.9 Å². The van der Waals surface area contributed by atoms with Gasteiger partial charge in [0.25, 0.3) is 5.91 Å². The van der Waals surface area contributed by atoms with Gasteiger partial charge in [-0.2, -0.15) is 0 Å². The minimum absolute atomic E-state index is 0.192. The maximum atomic E-state index is 13.4. The number of benzene rings is 2. The van der Waals surface area contributed by atoms with Crippen molar-refractivity contribution in [2.75, 3.05) is 25.0 Å². The minimum Gasteiger partial charge on any atom is -0.371 e. The maximum Gasteiger partial charge on any atom is 0.272 e. The Labute approximate surface area is 204 Å². The average Bonchev–Trinajstić information content (AvgIpc) is 2.90. The fraction of sp³-hybridized carbons (Fsp3) is 0.333. The van der Waals surface area contributed by atoms with Crippen LogP contribution >= 0.6 is 23.8 Å². The number of thiocarbonyl (C=S) groups is 1. The topological polar surface area (TPSA) is 83.8 Å². The molecule has 0 saturated carbocycles. The summed E-state index contributed by atoms with van der Waals surface area (Å²) in [6, 6.07) is 15.5. The van der Waals surface area contributed by atoms with Gasteiger partial charge in [0.15, 0.2) is 5.11 Å². The van der Waals surface area contributed by atoms with Gasteiger partial charge < -0.3 is 20.4 Å². The van der Waals surface area contributed by atoms with Gasteiger partial charge in [-0.3, -0.25) is 10.2 Å². The van der Waals surface area contributed by atoms with E-state index in [-0.39, 0.29) is 11.9 Å². The molecule has 0 aliphatic carbocycles. The number of likely N-dealkylation sites (tertiary alicyclic amines) is 1. The third kappa shape index (κ3) is 5.17. The van der Waals surface area contributed by atoms with E-state index in [1.165, 1.54) is 0 Å². The second-order valence-corrected chi connectivity index (χ2v) is 9.11. The summed E-state index contributed by atoms with van der Waals surface area (Å²) >= 11 is 12.0. The fourth-order valence-corrected chi connectivity index (χ4v) is 4.67. The zero-order chi connectivity index (χ0) is 23.5. The summed E-state index contributed by atoms with van der Waals surface area (Å²) in [5.41, 5.74) is 3.14. The fourth-order valence-electron chi connectivity index (χ4n) is 4.21. The first-order chi connectivity index (χ1) is 15.8. The molecule has 1 amide bonds. The van der Waals surface area contributed by atoms with Gasteiger partial charge in [-0.15, -0.1) is 0 Å². The molecule has 9 heteroatoms. The van der Waals surface area contributed by atoms with Crippen LogP contribution in [0.4, 0.5) is 5.69 Å². The standard InChI is InChI=1S/C24H27ClN6OS/c1-15(26)27-18-10-12-31(13-11-18)24(33)29-22-23(32)30(2)20-9-8-17(25)14-19(20)21(28-22)16-6-4-3-5-7-16/h3-9,14,18,22H,10-13H2,1-2H3,(H2,26,27)(H,29,33). The van der Waals surface area contributed by atoms with E-state index in [2.05, 4.69) is 15.5 Å². The van der Waals surface area contributed by atoms with Gasteiger partial charge in [0.2, 0.25) is 6.17 Å². The molecule has 3 N–H and O–H groups in total. The molecule has 7 nitrogen and oxygen atoms in total. The number of benzodiazepines with no additional fused rings is 1. The molecule has 2 aromatic rings. The molecule has 1 unspecified atom stereocenters. The van der Waals surface area contributed by atoms with E-state index in [0.29, 0.717) is 21.7 Å². The lowest BCUT2D eigenvalue weighted by molar-refractivity contribution is -0.119. The van der Waals surface area contributed by atoms with Crippen molar-refractivity contribution in [2.24, 2.45) is 4.99 Å². The number of hydrogen-bond acceptors (Lipinski definition) is 4. The summed E-state index contributed by atoms with van der Waals surface area (Å²) in [5, 5.41) is 15.1. The lowest BCUT2D eigenvalue weighted by atomic mass is 10.0. The van der Waals surface area contributed by atoms with Crippen molar-refractivity contribution in [3.05, 3.63) is 64.7 Å². The summed E-state index contributed by atoms with van der Waals surface area (Å²) in [5.74, 6) is 0.284. The number of aliphatic imine (C=N–C) groups is 1. The van der Waals surface area contributed by atoms with E-state index < -0.39 is 6.17 Å². The molecule has 0 aromatic heterocycles. The second kappa shape index (κ2) is 9.89. The largest absolute Gasteiger partial charge is 0.371 e. The van der Waals surface area contributed by atoms with Crippen LogP contribution in [-0.2, 0) is 4.79 Å². The Morgan fingerprint density at radius 1 is 1.15 bits per heavy atom. The minimum atomic E-state index is -0.858. The van der Waals surface area contributed by atoms with Gasteiger partial charge in [-0.25, -0.2) is 4.99 Å². The van der Waals surface area contributed by atoms with Crippen LogP contribution in [0.5, 0.6) is 0 Å². The number of carbonyl (C=O) groups excluding carboxylic acids is 1. The smallest absolute Gasteiger partial charge is 0.272 e. The van der Waals surface area contributed by atoms with E-state index in [9.17, 15) is 4.79 Å². The molecule has 0 spiro atoms. The summed E-state index contributed by atoms with van der Waals surface area (Å²) in [6.45, 7) is 3.25. The highest BCUT2D eigenvalue weighted by Crippen LogP contribution is 2.30. The molecule has 33 heavy (non-hydrogen) atoms. The van der Waals surface area contributed by atoms with Crippen LogP contribution < -0.4 is 15.5 Å². The van der Waals surface area contributed by atoms with Crippen LogP contribution in [-0.4, -0.2) is 59.8 Å². The first kappa shape index (κ1) is 23.2. The molecule has 4 rings (SSSR count). The number of rotatable bonds is 3. The van der Waals surface area contributed by atoms with Crippen LogP contribution in [0, 0.1) is 5.41 Å². The summed E-state index contributed by atoms with van der Waals surface area (Å²) in [4.78, 5) is 21.9. The predicted octanol–water partition coefficient (Wildman–Crippen LogP) is 3.41. The molecule has 2 aliphatic rings. The monoisotopic (exact) mass is 482 g/mol. The number of anilines is 1. The van der Waals surface area contributed by atoms with Gasteiger partial charge in [0.1, 0.15) is 0 Å². The molecule has 0 radical (unpaired) electrons. The SMILES string of the molecule is CC(=N)NC1CCN(C(=S)NC2N=C(c3ccccc3)c3cc(Cl)ccc3N(C)C2=O)CC1.